The number of carbonyl (C=O) groups is 1. The number of hydrogen-bond donors (Lipinski definition) is 1. The third-order valence-corrected chi connectivity index (χ3v) is 7.81. The third kappa shape index (κ3) is 6.81. The van der Waals surface area contributed by atoms with Gasteiger partial charge in [-0.05, 0) is 37.4 Å². The molecule has 0 unspecified atom stereocenters. The van der Waals surface area contributed by atoms with E-state index in [4.69, 9.17) is 17.7 Å². The number of rotatable bonds is 14. The topological polar surface area (TPSA) is 102 Å². The predicted molar refractivity (Wildman–Crippen MR) is 132 cm³/mol. The van der Waals surface area contributed by atoms with E-state index in [1.54, 1.807) is 13.0 Å². The summed E-state index contributed by atoms with van der Waals surface area (Å²) >= 11 is 6.21. The second-order valence-electron chi connectivity index (χ2n) is 8.11. The highest BCUT2D eigenvalue weighted by Gasteiger charge is 2.33. The first-order chi connectivity index (χ1) is 16.6. The predicted octanol–water partition coefficient (Wildman–Crippen LogP) is 4.16. The van der Waals surface area contributed by atoms with Crippen LogP contribution in [0.1, 0.15) is 71.3 Å². The van der Waals surface area contributed by atoms with E-state index in [0.29, 0.717) is 37.1 Å². The van der Waals surface area contributed by atoms with E-state index >= 15 is 0 Å². The van der Waals surface area contributed by atoms with Crippen molar-refractivity contribution in [2.75, 3.05) is 13.7 Å². The van der Waals surface area contributed by atoms with Crippen LogP contribution in [0, 0.1) is 0 Å². The average molecular weight is 515 g/mol. The molecule has 0 aliphatic rings. The molecule has 2 rings (SSSR count). The van der Waals surface area contributed by atoms with E-state index in [-0.39, 0.29) is 29.3 Å². The largest absolute Gasteiger partial charge is 0.465 e. The van der Waals surface area contributed by atoms with Gasteiger partial charge in [-0.1, -0.05) is 56.8 Å². The van der Waals surface area contributed by atoms with E-state index in [9.17, 15) is 18.3 Å². The number of esters is 1. The summed E-state index contributed by atoms with van der Waals surface area (Å²) < 4.78 is 43.1. The number of sulfonamides is 1. The summed E-state index contributed by atoms with van der Waals surface area (Å²) in [7, 11) is -2.77. The molecule has 0 fully saturated rings. The number of aliphatic hydroxyl groups excluding tert-OH is 1. The van der Waals surface area contributed by atoms with Gasteiger partial charge < -0.3 is 14.4 Å². The Hall–Kier alpha value is -1.94. The summed E-state index contributed by atoms with van der Waals surface area (Å²) in [6, 6.07) is 3.35. The standard InChI is InChI=1S/C24H36ClN3O5S/c1-5-8-10-20(24(30)33-7-3)27(4)34(31,32)19-14-12-18(13-15-19)16-28-21(17-29)23(25)26-22(28)11-9-6-2/h12-15,20,29H,5-11,16-17H2,1-4H3/t20-/m0/s1/i14D. The van der Waals surface area contributed by atoms with E-state index < -0.39 is 22.0 Å². The summed E-state index contributed by atoms with van der Waals surface area (Å²) in [4.78, 5) is 16.6. The van der Waals surface area contributed by atoms with Gasteiger partial charge in [0.1, 0.15) is 11.9 Å². The van der Waals surface area contributed by atoms with Crippen molar-refractivity contribution < 1.29 is 24.4 Å². The molecule has 0 aliphatic carbocycles. The van der Waals surface area contributed by atoms with Crippen LogP contribution in [-0.4, -0.2) is 53.0 Å². The smallest absolute Gasteiger partial charge is 0.324 e. The highest BCUT2D eigenvalue weighted by atomic mass is 35.5. The van der Waals surface area contributed by atoms with Crippen LogP contribution in [0.25, 0.3) is 0 Å². The van der Waals surface area contributed by atoms with Crippen LogP contribution in [-0.2, 0) is 39.1 Å². The van der Waals surface area contributed by atoms with Crippen LogP contribution in [0.15, 0.2) is 29.1 Å². The zero-order chi connectivity index (χ0) is 26.2. The number of ether oxygens (including phenoxy) is 1. The first kappa shape index (κ1) is 26.7. The van der Waals surface area contributed by atoms with Crippen molar-refractivity contribution in [3.8, 4) is 0 Å². The monoisotopic (exact) mass is 514 g/mol. The average Bonchev–Trinajstić information content (AvgIpc) is 3.11. The van der Waals surface area contributed by atoms with Crippen molar-refractivity contribution in [3.05, 3.63) is 46.5 Å². The molecule has 34 heavy (non-hydrogen) atoms. The van der Waals surface area contributed by atoms with E-state index in [1.165, 1.54) is 19.2 Å². The molecule has 190 valence electrons. The SMILES string of the molecule is [2H]c1cc(Cn2c(CCCC)nc(Cl)c2CO)ccc1S(=O)(=O)N(C)[C@@H](CCCC)C(=O)OCC. The van der Waals surface area contributed by atoms with Gasteiger partial charge in [0, 0.05) is 20.0 Å². The highest BCUT2D eigenvalue weighted by Crippen LogP contribution is 2.23. The molecule has 1 aromatic carbocycles. The Morgan fingerprint density at radius 1 is 1.26 bits per heavy atom. The first-order valence-corrected chi connectivity index (χ1v) is 13.5. The number of carbonyl (C=O) groups excluding carboxylic acids is 1. The van der Waals surface area contributed by atoms with E-state index in [0.717, 1.165) is 29.4 Å². The normalized spacial score (nSPS) is 13.2. The van der Waals surface area contributed by atoms with E-state index in [1.807, 2.05) is 11.5 Å². The summed E-state index contributed by atoms with van der Waals surface area (Å²) in [5.74, 6) is 0.139. The zero-order valence-electron chi connectivity index (χ0n) is 21.4. The molecule has 2 aromatic rings. The van der Waals surface area contributed by atoms with Gasteiger partial charge in [0.2, 0.25) is 10.0 Å². The molecule has 1 heterocycles. The lowest BCUT2D eigenvalue weighted by molar-refractivity contribution is -0.147. The Balaban J connectivity index is 2.37. The zero-order valence-corrected chi connectivity index (χ0v) is 22.0. The van der Waals surface area contributed by atoms with Crippen LogP contribution < -0.4 is 0 Å². The second-order valence-corrected chi connectivity index (χ2v) is 10.4. The lowest BCUT2D eigenvalue weighted by atomic mass is 10.1. The quantitative estimate of drug-likeness (QED) is 0.380. The minimum absolute atomic E-state index is 0.155. The van der Waals surface area contributed by atoms with Crippen LogP contribution in [0.5, 0.6) is 0 Å². The summed E-state index contributed by atoms with van der Waals surface area (Å²) in [6.07, 6.45) is 4.37. The van der Waals surface area contributed by atoms with Crippen molar-refractivity contribution in [1.82, 2.24) is 13.9 Å². The van der Waals surface area contributed by atoms with Gasteiger partial charge in [0.15, 0.2) is 5.15 Å². The van der Waals surface area contributed by atoms with Gasteiger partial charge in [0.25, 0.3) is 0 Å². The minimum Gasteiger partial charge on any atom is -0.465 e. The molecular weight excluding hydrogens is 478 g/mol. The fourth-order valence-corrected chi connectivity index (χ4v) is 5.20. The molecule has 0 bridgehead atoms. The minimum atomic E-state index is -4.12. The number of aromatic nitrogens is 2. The van der Waals surface area contributed by atoms with Gasteiger partial charge in [-0.3, -0.25) is 4.79 Å². The molecular formula is C24H36ClN3O5S. The van der Waals surface area contributed by atoms with Crippen molar-refractivity contribution in [2.24, 2.45) is 0 Å². The van der Waals surface area contributed by atoms with Gasteiger partial charge in [-0.15, -0.1) is 0 Å². The molecule has 0 radical (unpaired) electrons. The molecule has 0 amide bonds. The number of halogens is 1. The summed E-state index contributed by atoms with van der Waals surface area (Å²) in [5, 5.41) is 10.0. The maximum atomic E-state index is 13.3. The van der Waals surface area contributed by atoms with Crippen molar-refractivity contribution >= 4 is 27.6 Å². The van der Waals surface area contributed by atoms with Crippen molar-refractivity contribution in [3.63, 3.8) is 0 Å². The number of benzene rings is 1. The molecule has 0 saturated carbocycles. The summed E-state index contributed by atoms with van der Waals surface area (Å²) in [6.45, 7) is 5.86. The number of nitrogens with zero attached hydrogens (tertiary/aromatic N) is 3. The van der Waals surface area contributed by atoms with Gasteiger partial charge in [-0.25, -0.2) is 13.4 Å². The number of likely N-dealkylation sites (N-methyl/N-ethyl adjacent to an activating group) is 1. The number of imidazole rings is 1. The maximum Gasteiger partial charge on any atom is 0.324 e. The third-order valence-electron chi connectivity index (χ3n) is 5.68. The second kappa shape index (κ2) is 13.2. The fraction of sp³-hybridized carbons (Fsp3) is 0.583. The Bertz CT molecular complexity index is 1110. The van der Waals surface area contributed by atoms with Crippen LogP contribution in [0.3, 0.4) is 0 Å². The number of hydrogen-bond acceptors (Lipinski definition) is 6. The molecule has 1 aromatic heterocycles. The lowest BCUT2D eigenvalue weighted by Crippen LogP contribution is -2.43. The Morgan fingerprint density at radius 3 is 2.56 bits per heavy atom. The fourth-order valence-electron chi connectivity index (χ4n) is 3.66. The number of aryl methyl sites for hydroxylation is 1. The molecule has 8 nitrogen and oxygen atoms in total. The molecule has 0 spiro atoms. The summed E-state index contributed by atoms with van der Waals surface area (Å²) in [5.41, 5.74) is 1.15. The Labute approximate surface area is 209 Å². The Kier molecular flexibility index (Phi) is 10.4. The number of unbranched alkanes of at least 4 members (excludes halogenated alkanes) is 2. The van der Waals surface area contributed by atoms with E-state index in [2.05, 4.69) is 11.9 Å². The van der Waals surface area contributed by atoms with Gasteiger partial charge >= 0.3 is 5.97 Å². The van der Waals surface area contributed by atoms with Crippen molar-refractivity contribution in [2.45, 2.75) is 83.4 Å². The van der Waals surface area contributed by atoms with Gasteiger partial charge in [0.05, 0.1) is 25.2 Å². The first-order valence-electron chi connectivity index (χ1n) is 12.2. The molecule has 0 saturated heterocycles. The van der Waals surface area contributed by atoms with Crippen LogP contribution in [0.4, 0.5) is 0 Å². The highest BCUT2D eigenvalue weighted by molar-refractivity contribution is 7.89. The van der Waals surface area contributed by atoms with Crippen molar-refractivity contribution in [1.29, 1.82) is 0 Å². The van der Waals surface area contributed by atoms with Gasteiger partial charge in [-0.2, -0.15) is 4.31 Å². The lowest BCUT2D eigenvalue weighted by Gasteiger charge is -2.26. The Morgan fingerprint density at radius 2 is 1.97 bits per heavy atom. The number of aliphatic hydroxyl groups is 1. The molecule has 10 heteroatoms. The molecule has 0 aliphatic heterocycles. The molecule has 1 N–H and O–H groups in total. The molecule has 1 atom stereocenters. The van der Waals surface area contributed by atoms with Crippen LogP contribution >= 0.6 is 11.6 Å². The van der Waals surface area contributed by atoms with Crippen LogP contribution in [0.2, 0.25) is 5.15 Å². The maximum absolute atomic E-state index is 13.3.